The molecule has 0 bridgehead atoms. The first kappa shape index (κ1) is 24.8. The van der Waals surface area contributed by atoms with E-state index in [0.29, 0.717) is 10.6 Å². The average Bonchev–Trinajstić information content (AvgIpc) is 3.33. The van der Waals surface area contributed by atoms with Crippen LogP contribution in [0.25, 0.3) is 27.8 Å². The van der Waals surface area contributed by atoms with E-state index in [9.17, 15) is 14.9 Å². The summed E-state index contributed by atoms with van der Waals surface area (Å²) >= 11 is 1.27. The van der Waals surface area contributed by atoms with Gasteiger partial charge in [0, 0.05) is 23.5 Å². The van der Waals surface area contributed by atoms with Gasteiger partial charge in [-0.25, -0.2) is 15.4 Å². The molecule has 3 aromatic carbocycles. The molecule has 0 aliphatic carbocycles. The number of aryl methyl sites for hydroxylation is 1. The van der Waals surface area contributed by atoms with Gasteiger partial charge < -0.3 is 4.57 Å². The molecule has 0 saturated carbocycles. The summed E-state index contributed by atoms with van der Waals surface area (Å²) in [5.41, 5.74) is 7.49. The number of aromatic nitrogens is 3. The highest BCUT2D eigenvalue weighted by atomic mass is 32.2. The van der Waals surface area contributed by atoms with Crippen molar-refractivity contribution in [2.45, 2.75) is 11.9 Å². The molecule has 2 aromatic heterocycles. The first-order valence-electron chi connectivity index (χ1n) is 11.7. The molecule has 1 amide bonds. The molecule has 38 heavy (non-hydrogen) atoms. The second-order valence-electron chi connectivity index (χ2n) is 8.39. The first-order chi connectivity index (χ1) is 18.5. The number of nitrogens with zero attached hydrogens (tertiary/aromatic N) is 5. The van der Waals surface area contributed by atoms with Crippen LogP contribution in [0.2, 0.25) is 0 Å². The van der Waals surface area contributed by atoms with E-state index in [-0.39, 0.29) is 17.3 Å². The van der Waals surface area contributed by atoms with Gasteiger partial charge in [0.2, 0.25) is 5.91 Å². The van der Waals surface area contributed by atoms with Gasteiger partial charge in [0.25, 0.3) is 5.69 Å². The third kappa shape index (κ3) is 5.30. The van der Waals surface area contributed by atoms with Crippen LogP contribution in [0, 0.1) is 17.0 Å². The lowest BCUT2D eigenvalue weighted by atomic mass is 10.1. The minimum atomic E-state index is -0.494. The predicted octanol–water partition coefficient (Wildman–Crippen LogP) is 5.55. The quantitative estimate of drug-likeness (QED) is 0.0940. The highest BCUT2D eigenvalue weighted by molar-refractivity contribution is 8.00. The second-order valence-corrected chi connectivity index (χ2v) is 9.35. The molecule has 9 nitrogen and oxygen atoms in total. The lowest BCUT2D eigenvalue weighted by molar-refractivity contribution is -0.385. The highest BCUT2D eigenvalue weighted by Gasteiger charge is 2.18. The van der Waals surface area contributed by atoms with E-state index < -0.39 is 4.92 Å². The van der Waals surface area contributed by atoms with E-state index in [1.54, 1.807) is 18.2 Å². The maximum atomic E-state index is 12.5. The van der Waals surface area contributed by atoms with Crippen LogP contribution in [0.15, 0.2) is 102 Å². The van der Waals surface area contributed by atoms with Crippen molar-refractivity contribution in [1.29, 1.82) is 0 Å². The second kappa shape index (κ2) is 11.1. The summed E-state index contributed by atoms with van der Waals surface area (Å²) < 4.78 is 2.03. The van der Waals surface area contributed by atoms with Crippen molar-refractivity contribution >= 4 is 40.6 Å². The number of amides is 1. The lowest BCUT2D eigenvalue weighted by Crippen LogP contribution is -2.19. The van der Waals surface area contributed by atoms with Crippen LogP contribution >= 0.6 is 11.8 Å². The molecule has 0 spiro atoms. The van der Waals surface area contributed by atoms with Crippen LogP contribution < -0.4 is 5.43 Å². The molecule has 0 radical (unpaired) electrons. The third-order valence-electron chi connectivity index (χ3n) is 5.81. The van der Waals surface area contributed by atoms with Crippen molar-refractivity contribution in [3.63, 3.8) is 0 Å². The highest BCUT2D eigenvalue weighted by Crippen LogP contribution is 2.36. The summed E-state index contributed by atoms with van der Waals surface area (Å²) in [7, 11) is 0. The number of nitro benzene ring substituents is 1. The molecule has 0 aliphatic rings. The number of thioether (sulfide) groups is 1. The van der Waals surface area contributed by atoms with Gasteiger partial charge in [0.1, 0.15) is 17.0 Å². The van der Waals surface area contributed by atoms with Crippen molar-refractivity contribution in [2.24, 2.45) is 5.10 Å². The number of carbonyl (C=O) groups excluding carboxylic acids is 1. The number of hydrogen-bond donors (Lipinski definition) is 1. The van der Waals surface area contributed by atoms with Crippen molar-refractivity contribution < 1.29 is 9.72 Å². The molecular formula is C28H22N6O3S. The zero-order valence-electron chi connectivity index (χ0n) is 20.3. The van der Waals surface area contributed by atoms with E-state index >= 15 is 0 Å². The Labute approximate surface area is 222 Å². The van der Waals surface area contributed by atoms with E-state index in [2.05, 4.69) is 32.6 Å². The number of nitrogens with one attached hydrogen (secondary N) is 1. The van der Waals surface area contributed by atoms with Crippen LogP contribution in [0.5, 0.6) is 0 Å². The minimum absolute atomic E-state index is 0.0459. The van der Waals surface area contributed by atoms with Gasteiger partial charge in [-0.2, -0.15) is 5.10 Å². The van der Waals surface area contributed by atoms with E-state index in [1.807, 2.05) is 60.2 Å². The third-order valence-corrected chi connectivity index (χ3v) is 6.80. The van der Waals surface area contributed by atoms with Crippen molar-refractivity contribution in [3.8, 4) is 16.8 Å². The smallest absolute Gasteiger partial charge is 0.278 e. The summed E-state index contributed by atoms with van der Waals surface area (Å²) in [5.74, 6) is -0.319. The van der Waals surface area contributed by atoms with Gasteiger partial charge in [-0.3, -0.25) is 14.9 Å². The molecule has 1 N–H and O–H groups in total. The fourth-order valence-corrected chi connectivity index (χ4v) is 4.78. The summed E-state index contributed by atoms with van der Waals surface area (Å²) in [6.45, 7) is 2.04. The molecule has 0 fully saturated rings. The van der Waals surface area contributed by atoms with Crippen molar-refractivity contribution in [3.05, 3.63) is 113 Å². The van der Waals surface area contributed by atoms with Gasteiger partial charge >= 0.3 is 0 Å². The Hall–Kier alpha value is -4.83. The standard InChI is InChI=1S/C28H22N6O3S/c1-19-11-13-22(14-12-19)33-16-23(20-7-3-2-4-8-20)26-27(33)29-18-30-28(26)38-17-25(35)32-31-15-21-9-5-6-10-24(21)34(36)37/h2-16,18H,17H2,1H3,(H,32,35)/b31-15-. The SMILES string of the molecule is Cc1ccc(-n2cc(-c3ccccc3)c3c(SCC(=O)N/N=C\c4ccccc4[N+](=O)[O-])ncnc32)cc1. The monoisotopic (exact) mass is 522 g/mol. The van der Waals surface area contributed by atoms with Gasteiger partial charge in [0.15, 0.2) is 0 Å². The molecule has 0 saturated heterocycles. The Bertz CT molecular complexity index is 1650. The molecule has 0 aliphatic heterocycles. The predicted molar refractivity (Wildman–Crippen MR) is 149 cm³/mol. The number of carbonyl (C=O) groups is 1. The summed E-state index contributed by atoms with van der Waals surface area (Å²) in [5, 5.41) is 16.6. The van der Waals surface area contributed by atoms with Crippen LogP contribution in [-0.2, 0) is 4.79 Å². The number of rotatable bonds is 8. The Morgan fingerprint density at radius 2 is 1.79 bits per heavy atom. The fraction of sp³-hybridized carbons (Fsp3) is 0.0714. The minimum Gasteiger partial charge on any atom is -0.301 e. The average molecular weight is 523 g/mol. The Balaban J connectivity index is 1.41. The molecule has 2 heterocycles. The number of hydrazone groups is 1. The van der Waals surface area contributed by atoms with Crippen LogP contribution in [0.1, 0.15) is 11.1 Å². The first-order valence-corrected chi connectivity index (χ1v) is 12.7. The molecule has 0 unspecified atom stereocenters. The van der Waals surface area contributed by atoms with Gasteiger partial charge in [-0.05, 0) is 30.7 Å². The molecule has 5 aromatic rings. The van der Waals surface area contributed by atoms with Gasteiger partial charge in [0.05, 0.1) is 27.8 Å². The van der Waals surface area contributed by atoms with Gasteiger partial charge in [-0.1, -0.05) is 71.9 Å². The van der Waals surface area contributed by atoms with Gasteiger partial charge in [-0.15, -0.1) is 0 Å². The summed E-state index contributed by atoms with van der Waals surface area (Å²) in [4.78, 5) is 32.3. The Morgan fingerprint density at radius 1 is 1.05 bits per heavy atom. The zero-order valence-corrected chi connectivity index (χ0v) is 21.1. The maximum absolute atomic E-state index is 12.5. The largest absolute Gasteiger partial charge is 0.301 e. The van der Waals surface area contributed by atoms with Crippen LogP contribution in [0.4, 0.5) is 5.69 Å². The fourth-order valence-electron chi connectivity index (χ4n) is 3.99. The van der Waals surface area contributed by atoms with Crippen molar-refractivity contribution in [1.82, 2.24) is 20.0 Å². The van der Waals surface area contributed by atoms with Crippen molar-refractivity contribution in [2.75, 3.05) is 5.75 Å². The molecule has 10 heteroatoms. The summed E-state index contributed by atoms with van der Waals surface area (Å²) in [6.07, 6.45) is 4.80. The van der Waals surface area contributed by atoms with E-state index in [4.69, 9.17) is 0 Å². The molecule has 0 atom stereocenters. The van der Waals surface area contributed by atoms with Crippen LogP contribution in [-0.4, -0.2) is 37.3 Å². The van der Waals surface area contributed by atoms with E-state index in [1.165, 1.54) is 30.4 Å². The molecule has 5 rings (SSSR count). The zero-order chi connectivity index (χ0) is 26.5. The number of nitro groups is 1. The number of fused-ring (bicyclic) bond motifs is 1. The van der Waals surface area contributed by atoms with E-state index in [0.717, 1.165) is 33.4 Å². The lowest BCUT2D eigenvalue weighted by Gasteiger charge is -2.06. The number of para-hydroxylation sites is 1. The van der Waals surface area contributed by atoms with Crippen LogP contribution in [0.3, 0.4) is 0 Å². The normalized spacial score (nSPS) is 11.2. The topological polar surface area (TPSA) is 115 Å². The Morgan fingerprint density at radius 3 is 2.55 bits per heavy atom. The Kier molecular flexibility index (Phi) is 7.23. The maximum Gasteiger partial charge on any atom is 0.278 e. The summed E-state index contributed by atoms with van der Waals surface area (Å²) in [6, 6.07) is 24.3. The molecular weight excluding hydrogens is 500 g/mol. The molecule has 188 valence electrons. The number of hydrogen-bond acceptors (Lipinski definition) is 7. The number of benzene rings is 3.